The molecule has 0 radical (unpaired) electrons. The Morgan fingerprint density at radius 2 is 2.11 bits per heavy atom. The van der Waals surface area contributed by atoms with Crippen molar-refractivity contribution in [1.82, 2.24) is 15.3 Å². The van der Waals surface area contributed by atoms with Crippen molar-refractivity contribution in [2.75, 3.05) is 11.9 Å². The highest BCUT2D eigenvalue weighted by Crippen LogP contribution is 2.12. The van der Waals surface area contributed by atoms with Gasteiger partial charge in [0.05, 0.1) is 6.33 Å². The van der Waals surface area contributed by atoms with Gasteiger partial charge in [0, 0.05) is 35.6 Å². The Bertz CT molecular complexity index is 495. The molecule has 6 heteroatoms. The minimum atomic E-state index is -0.239. The van der Waals surface area contributed by atoms with Gasteiger partial charge in [-0.1, -0.05) is 11.6 Å². The lowest BCUT2D eigenvalue weighted by Crippen LogP contribution is -2.30. The van der Waals surface area contributed by atoms with Crippen LogP contribution in [0.3, 0.4) is 0 Å². The van der Waals surface area contributed by atoms with Crippen LogP contribution in [0, 0.1) is 0 Å². The van der Waals surface area contributed by atoms with Gasteiger partial charge < -0.3 is 15.6 Å². The van der Waals surface area contributed by atoms with Crippen LogP contribution in [0.4, 0.5) is 10.5 Å². The maximum atomic E-state index is 11.5. The average Bonchev–Trinajstić information content (AvgIpc) is 2.85. The van der Waals surface area contributed by atoms with Crippen molar-refractivity contribution in [3.63, 3.8) is 0 Å². The molecule has 1 aromatic carbocycles. The molecular formula is C12H13ClN4O. The summed E-state index contributed by atoms with van der Waals surface area (Å²) in [6, 6.07) is 6.70. The van der Waals surface area contributed by atoms with Gasteiger partial charge in [-0.25, -0.2) is 9.78 Å². The minimum absolute atomic E-state index is 0.239. The summed E-state index contributed by atoms with van der Waals surface area (Å²) in [6.45, 7) is 0.543. The topological polar surface area (TPSA) is 69.8 Å². The lowest BCUT2D eigenvalue weighted by Gasteiger charge is -2.06. The van der Waals surface area contributed by atoms with E-state index in [1.165, 1.54) is 0 Å². The van der Waals surface area contributed by atoms with E-state index < -0.39 is 0 Å². The lowest BCUT2D eigenvalue weighted by molar-refractivity contribution is 0.252. The molecule has 0 bridgehead atoms. The van der Waals surface area contributed by atoms with Gasteiger partial charge in [-0.2, -0.15) is 0 Å². The van der Waals surface area contributed by atoms with Crippen LogP contribution in [0.15, 0.2) is 36.8 Å². The molecule has 2 amide bonds. The van der Waals surface area contributed by atoms with Crippen LogP contribution in [-0.4, -0.2) is 22.5 Å². The zero-order chi connectivity index (χ0) is 12.8. The maximum absolute atomic E-state index is 11.5. The SMILES string of the molecule is O=C(NCCc1cnc[nH]1)Nc1ccc(Cl)cc1. The third-order valence-electron chi connectivity index (χ3n) is 2.34. The highest BCUT2D eigenvalue weighted by molar-refractivity contribution is 6.30. The number of imidazole rings is 1. The van der Waals surface area contributed by atoms with Crippen molar-refractivity contribution >= 4 is 23.3 Å². The number of nitrogens with one attached hydrogen (secondary N) is 3. The summed E-state index contributed by atoms with van der Waals surface area (Å²) >= 11 is 5.75. The summed E-state index contributed by atoms with van der Waals surface area (Å²) in [6.07, 6.45) is 4.07. The molecule has 18 heavy (non-hydrogen) atoms. The molecule has 2 aromatic rings. The van der Waals surface area contributed by atoms with E-state index in [-0.39, 0.29) is 6.03 Å². The number of anilines is 1. The zero-order valence-electron chi connectivity index (χ0n) is 9.61. The second kappa shape index (κ2) is 6.07. The average molecular weight is 265 g/mol. The van der Waals surface area contributed by atoms with Crippen molar-refractivity contribution in [3.8, 4) is 0 Å². The van der Waals surface area contributed by atoms with E-state index in [2.05, 4.69) is 20.6 Å². The summed E-state index contributed by atoms with van der Waals surface area (Å²) in [5.74, 6) is 0. The maximum Gasteiger partial charge on any atom is 0.319 e. The number of rotatable bonds is 4. The number of aromatic amines is 1. The fourth-order valence-corrected chi connectivity index (χ4v) is 1.57. The summed E-state index contributed by atoms with van der Waals surface area (Å²) in [4.78, 5) is 18.4. The molecule has 0 aliphatic rings. The van der Waals surface area contributed by atoms with Gasteiger partial charge in [-0.15, -0.1) is 0 Å². The van der Waals surface area contributed by atoms with Crippen molar-refractivity contribution in [1.29, 1.82) is 0 Å². The van der Waals surface area contributed by atoms with Crippen LogP contribution in [0.2, 0.25) is 5.02 Å². The molecule has 1 aromatic heterocycles. The van der Waals surface area contributed by atoms with Gasteiger partial charge in [0.15, 0.2) is 0 Å². The molecule has 0 saturated carbocycles. The first-order chi connectivity index (χ1) is 8.74. The normalized spacial score (nSPS) is 10.1. The summed E-state index contributed by atoms with van der Waals surface area (Å²) < 4.78 is 0. The van der Waals surface area contributed by atoms with E-state index >= 15 is 0 Å². The molecule has 5 nitrogen and oxygen atoms in total. The number of H-pyrrole nitrogens is 1. The Hall–Kier alpha value is -2.01. The summed E-state index contributed by atoms with van der Waals surface area (Å²) in [7, 11) is 0. The highest BCUT2D eigenvalue weighted by Gasteiger charge is 2.01. The number of aromatic nitrogens is 2. The number of halogens is 1. The number of nitrogens with zero attached hydrogens (tertiary/aromatic N) is 1. The first-order valence-corrected chi connectivity index (χ1v) is 5.89. The van der Waals surface area contributed by atoms with E-state index in [1.807, 2.05) is 0 Å². The second-order valence-electron chi connectivity index (χ2n) is 3.71. The standard InChI is InChI=1S/C12H13ClN4O/c13-9-1-3-10(4-2-9)17-12(18)15-6-5-11-7-14-8-16-11/h1-4,7-8H,5-6H2,(H,14,16)(H2,15,17,18). The second-order valence-corrected chi connectivity index (χ2v) is 4.15. The number of carbonyl (C=O) groups is 1. The first kappa shape index (κ1) is 12.4. The minimum Gasteiger partial charge on any atom is -0.348 e. The van der Waals surface area contributed by atoms with Crippen LogP contribution in [0.1, 0.15) is 5.69 Å². The Balaban J connectivity index is 1.73. The molecule has 0 unspecified atom stereocenters. The molecule has 0 aliphatic carbocycles. The third kappa shape index (κ3) is 3.78. The number of hydrogen-bond donors (Lipinski definition) is 3. The Morgan fingerprint density at radius 3 is 2.78 bits per heavy atom. The predicted octanol–water partition coefficient (Wildman–Crippen LogP) is 2.43. The molecule has 2 rings (SSSR count). The van der Waals surface area contributed by atoms with Gasteiger partial charge in [0.1, 0.15) is 0 Å². The summed E-state index contributed by atoms with van der Waals surface area (Å²) in [5, 5.41) is 6.11. The Kier molecular flexibility index (Phi) is 4.20. The van der Waals surface area contributed by atoms with Crippen LogP contribution < -0.4 is 10.6 Å². The van der Waals surface area contributed by atoms with Gasteiger partial charge >= 0.3 is 6.03 Å². The number of benzene rings is 1. The quantitative estimate of drug-likeness (QED) is 0.794. The van der Waals surface area contributed by atoms with E-state index in [4.69, 9.17) is 11.6 Å². The largest absolute Gasteiger partial charge is 0.348 e. The van der Waals surface area contributed by atoms with E-state index in [0.29, 0.717) is 23.7 Å². The van der Waals surface area contributed by atoms with Gasteiger partial charge in [-0.05, 0) is 24.3 Å². The molecule has 0 spiro atoms. The molecule has 0 aliphatic heterocycles. The number of urea groups is 1. The summed E-state index contributed by atoms with van der Waals surface area (Å²) in [5.41, 5.74) is 1.69. The first-order valence-electron chi connectivity index (χ1n) is 5.52. The van der Waals surface area contributed by atoms with Crippen molar-refractivity contribution in [2.24, 2.45) is 0 Å². The molecule has 3 N–H and O–H groups in total. The van der Waals surface area contributed by atoms with Crippen molar-refractivity contribution in [3.05, 3.63) is 47.5 Å². The molecule has 1 heterocycles. The number of carbonyl (C=O) groups excluding carboxylic acids is 1. The van der Waals surface area contributed by atoms with Gasteiger partial charge in [-0.3, -0.25) is 0 Å². The van der Waals surface area contributed by atoms with E-state index in [9.17, 15) is 4.79 Å². The van der Waals surface area contributed by atoms with Gasteiger partial charge in [0.2, 0.25) is 0 Å². The van der Waals surface area contributed by atoms with Crippen molar-refractivity contribution < 1.29 is 4.79 Å². The molecule has 0 atom stereocenters. The lowest BCUT2D eigenvalue weighted by atomic mass is 10.3. The number of hydrogen-bond acceptors (Lipinski definition) is 2. The third-order valence-corrected chi connectivity index (χ3v) is 2.59. The van der Waals surface area contributed by atoms with Gasteiger partial charge in [0.25, 0.3) is 0 Å². The molecular weight excluding hydrogens is 252 g/mol. The Labute approximate surface area is 110 Å². The zero-order valence-corrected chi connectivity index (χ0v) is 10.4. The van der Waals surface area contributed by atoms with Crippen LogP contribution in [0.5, 0.6) is 0 Å². The monoisotopic (exact) mass is 264 g/mol. The van der Waals surface area contributed by atoms with Crippen LogP contribution >= 0.6 is 11.6 Å². The van der Waals surface area contributed by atoms with Crippen LogP contribution in [-0.2, 0) is 6.42 Å². The highest BCUT2D eigenvalue weighted by atomic mass is 35.5. The van der Waals surface area contributed by atoms with Crippen LogP contribution in [0.25, 0.3) is 0 Å². The Morgan fingerprint density at radius 1 is 1.33 bits per heavy atom. The predicted molar refractivity (Wildman–Crippen MR) is 70.8 cm³/mol. The number of amides is 2. The molecule has 94 valence electrons. The van der Waals surface area contributed by atoms with Crippen molar-refractivity contribution in [2.45, 2.75) is 6.42 Å². The fraction of sp³-hybridized carbons (Fsp3) is 0.167. The smallest absolute Gasteiger partial charge is 0.319 e. The molecule has 0 saturated heterocycles. The van der Waals surface area contributed by atoms with E-state index in [0.717, 1.165) is 5.69 Å². The fourth-order valence-electron chi connectivity index (χ4n) is 1.44. The molecule has 0 fully saturated rings. The van der Waals surface area contributed by atoms with E-state index in [1.54, 1.807) is 36.8 Å².